The van der Waals surface area contributed by atoms with E-state index in [4.69, 9.17) is 5.11 Å². The maximum atomic E-state index is 11.1. The number of hydrogen-bond acceptors (Lipinski definition) is 5. The van der Waals surface area contributed by atoms with Crippen molar-refractivity contribution in [3.05, 3.63) is 20.7 Å². The van der Waals surface area contributed by atoms with Gasteiger partial charge in [-0.25, -0.2) is 0 Å². The fourth-order valence-electron chi connectivity index (χ4n) is 1.59. The van der Waals surface area contributed by atoms with Gasteiger partial charge in [-0.2, -0.15) is 4.98 Å². The molecule has 0 bridgehead atoms. The summed E-state index contributed by atoms with van der Waals surface area (Å²) in [6, 6.07) is 0. The highest BCUT2D eigenvalue weighted by Crippen LogP contribution is 2.40. The molecule has 0 amide bonds. The summed E-state index contributed by atoms with van der Waals surface area (Å²) in [6.07, 6.45) is 1.42. The average molecular weight is 257 g/mol. The van der Waals surface area contributed by atoms with Gasteiger partial charge in [0.05, 0.1) is 5.92 Å². The number of carboxylic acids is 1. The van der Waals surface area contributed by atoms with Gasteiger partial charge in [-0.3, -0.25) is 24.2 Å². The fraction of sp³-hybridized carbons (Fsp3) is 0.556. The van der Waals surface area contributed by atoms with Crippen LogP contribution in [0.15, 0.2) is 14.7 Å². The number of aromatic nitrogens is 3. The molecule has 1 fully saturated rings. The Labute approximate surface area is 99.9 Å². The van der Waals surface area contributed by atoms with Crippen LogP contribution in [0, 0.1) is 5.92 Å². The number of carbonyl (C=O) groups is 1. The summed E-state index contributed by atoms with van der Waals surface area (Å²) in [5.74, 6) is -1.23. The van der Waals surface area contributed by atoms with Crippen molar-refractivity contribution in [1.82, 2.24) is 14.8 Å². The Kier molecular flexibility index (Phi) is 3.05. The molecule has 0 radical (unpaired) electrons. The van der Waals surface area contributed by atoms with E-state index in [2.05, 4.69) is 10.1 Å². The zero-order chi connectivity index (χ0) is 12.6. The lowest BCUT2D eigenvalue weighted by molar-refractivity contribution is -0.144. The van der Waals surface area contributed by atoms with Gasteiger partial charge in [0, 0.05) is 12.3 Å². The van der Waals surface area contributed by atoms with Crippen LogP contribution in [-0.4, -0.2) is 31.1 Å². The summed E-state index contributed by atoms with van der Waals surface area (Å²) in [5, 5.41) is 11.5. The second-order valence-corrected chi connectivity index (χ2v) is 5.08. The first-order valence-corrected chi connectivity index (χ1v) is 5.94. The molecule has 92 valence electrons. The zero-order valence-corrected chi connectivity index (χ0v) is 9.86. The Hall–Kier alpha value is -1.57. The van der Waals surface area contributed by atoms with Crippen molar-refractivity contribution in [3.8, 4) is 0 Å². The van der Waals surface area contributed by atoms with Crippen LogP contribution < -0.4 is 11.1 Å². The van der Waals surface area contributed by atoms with E-state index in [1.54, 1.807) is 7.05 Å². The van der Waals surface area contributed by atoms with Crippen LogP contribution >= 0.6 is 11.8 Å². The topological polar surface area (TPSA) is 105 Å². The normalized spacial score (nSPS) is 23.1. The lowest BCUT2D eigenvalue weighted by atomic mass is 9.85. The third-order valence-corrected chi connectivity index (χ3v) is 4.18. The largest absolute Gasteiger partial charge is 0.481 e. The summed E-state index contributed by atoms with van der Waals surface area (Å²) in [5.41, 5.74) is -1.63. The summed E-state index contributed by atoms with van der Waals surface area (Å²) in [7, 11) is 1.56. The fourth-order valence-corrected chi connectivity index (χ4v) is 2.88. The summed E-state index contributed by atoms with van der Waals surface area (Å²) in [6.45, 7) is 0. The number of aryl methyl sites for hydroxylation is 1. The summed E-state index contributed by atoms with van der Waals surface area (Å²) >= 11 is 1.22. The van der Waals surface area contributed by atoms with Gasteiger partial charge in [0.1, 0.15) is 0 Å². The van der Waals surface area contributed by atoms with Crippen molar-refractivity contribution in [1.29, 1.82) is 0 Å². The molecule has 1 heterocycles. The monoisotopic (exact) mass is 257 g/mol. The van der Waals surface area contributed by atoms with Crippen LogP contribution in [-0.2, 0) is 11.8 Å². The van der Waals surface area contributed by atoms with Crippen LogP contribution in [0.2, 0.25) is 0 Å². The summed E-state index contributed by atoms with van der Waals surface area (Å²) < 4.78 is 1.34. The molecule has 0 aromatic carbocycles. The van der Waals surface area contributed by atoms with E-state index in [1.165, 1.54) is 16.4 Å². The van der Waals surface area contributed by atoms with Crippen LogP contribution in [0.5, 0.6) is 0 Å². The maximum absolute atomic E-state index is 11.1. The number of thioether (sulfide) groups is 1. The number of H-pyrrole nitrogens is 1. The first-order chi connectivity index (χ1) is 7.99. The van der Waals surface area contributed by atoms with Gasteiger partial charge < -0.3 is 5.11 Å². The van der Waals surface area contributed by atoms with Gasteiger partial charge in [0.15, 0.2) is 5.16 Å². The van der Waals surface area contributed by atoms with Crippen molar-refractivity contribution in [2.24, 2.45) is 13.0 Å². The maximum Gasteiger partial charge on any atom is 0.339 e. The van der Waals surface area contributed by atoms with E-state index in [1.807, 2.05) is 0 Å². The molecule has 8 heteroatoms. The van der Waals surface area contributed by atoms with E-state index in [-0.39, 0.29) is 5.25 Å². The molecule has 2 rings (SSSR count). The molecular formula is C9H11N3O4S. The molecule has 0 saturated heterocycles. The minimum atomic E-state index is -0.850. The van der Waals surface area contributed by atoms with Gasteiger partial charge in [0.25, 0.3) is 0 Å². The first-order valence-electron chi connectivity index (χ1n) is 5.06. The molecule has 7 nitrogen and oxygen atoms in total. The van der Waals surface area contributed by atoms with Gasteiger partial charge in [0.2, 0.25) is 0 Å². The standard InChI is InChI=1S/C9H11N3O4S/c1-12-9(10-6(13)7(14)11-12)17-5-3-2-4(5)8(15)16/h4-5H,2-3H2,1H3,(H,11,14)(H,15,16). The van der Waals surface area contributed by atoms with Crippen molar-refractivity contribution in [3.63, 3.8) is 0 Å². The molecular weight excluding hydrogens is 246 g/mol. The van der Waals surface area contributed by atoms with E-state index >= 15 is 0 Å². The Morgan fingerprint density at radius 1 is 1.53 bits per heavy atom. The molecule has 1 aliphatic carbocycles. The lowest BCUT2D eigenvalue weighted by Gasteiger charge is -2.32. The number of hydrogen-bond donors (Lipinski definition) is 2. The molecule has 2 atom stereocenters. The van der Waals surface area contributed by atoms with Crippen molar-refractivity contribution >= 4 is 17.7 Å². The zero-order valence-electron chi connectivity index (χ0n) is 9.04. The third-order valence-electron chi connectivity index (χ3n) is 2.73. The molecule has 1 aromatic heterocycles. The Balaban J connectivity index is 2.20. The quantitative estimate of drug-likeness (QED) is 0.702. The van der Waals surface area contributed by atoms with Crippen LogP contribution in [0.1, 0.15) is 12.8 Å². The Bertz CT molecular complexity index is 564. The van der Waals surface area contributed by atoms with Gasteiger partial charge in [-0.15, -0.1) is 0 Å². The van der Waals surface area contributed by atoms with E-state index in [0.717, 1.165) is 6.42 Å². The molecule has 1 saturated carbocycles. The minimum Gasteiger partial charge on any atom is -0.481 e. The predicted molar refractivity (Wildman–Crippen MR) is 60.1 cm³/mol. The number of aromatic amines is 1. The minimum absolute atomic E-state index is 0.0866. The van der Waals surface area contributed by atoms with E-state index in [9.17, 15) is 14.4 Å². The molecule has 17 heavy (non-hydrogen) atoms. The van der Waals surface area contributed by atoms with Gasteiger partial charge in [-0.05, 0) is 12.8 Å². The molecule has 2 N–H and O–H groups in total. The first kappa shape index (κ1) is 11.9. The smallest absolute Gasteiger partial charge is 0.339 e. The number of nitrogens with one attached hydrogen (secondary N) is 1. The van der Waals surface area contributed by atoms with Crippen LogP contribution in [0.4, 0.5) is 0 Å². The van der Waals surface area contributed by atoms with Crippen molar-refractivity contribution in [2.45, 2.75) is 23.2 Å². The van der Waals surface area contributed by atoms with Crippen LogP contribution in [0.3, 0.4) is 0 Å². The lowest BCUT2D eigenvalue weighted by Crippen LogP contribution is -2.37. The van der Waals surface area contributed by atoms with Crippen LogP contribution in [0.25, 0.3) is 0 Å². The molecule has 0 spiro atoms. The van der Waals surface area contributed by atoms with Crippen molar-refractivity contribution < 1.29 is 9.90 Å². The number of nitrogens with zero attached hydrogens (tertiary/aromatic N) is 2. The summed E-state index contributed by atoms with van der Waals surface area (Å²) in [4.78, 5) is 36.5. The average Bonchev–Trinajstić information content (AvgIpc) is 2.18. The van der Waals surface area contributed by atoms with E-state index in [0.29, 0.717) is 11.6 Å². The van der Waals surface area contributed by atoms with Gasteiger partial charge >= 0.3 is 17.1 Å². The molecule has 2 unspecified atom stereocenters. The van der Waals surface area contributed by atoms with Gasteiger partial charge in [-0.1, -0.05) is 11.8 Å². The Morgan fingerprint density at radius 2 is 2.24 bits per heavy atom. The second-order valence-electron chi connectivity index (χ2n) is 3.88. The predicted octanol–water partition coefficient (Wildman–Crippen LogP) is -0.576. The third kappa shape index (κ3) is 2.26. The SMILES string of the molecule is Cn1[nH]c(=O)c(=O)nc1SC1CCC1C(=O)O. The number of carboxylic acid groups (broad SMARTS) is 1. The van der Waals surface area contributed by atoms with E-state index < -0.39 is 23.0 Å². The number of rotatable bonds is 3. The molecule has 1 aliphatic rings. The molecule has 1 aromatic rings. The highest BCUT2D eigenvalue weighted by atomic mass is 32.2. The second kappa shape index (κ2) is 4.36. The number of aliphatic carboxylic acids is 1. The van der Waals surface area contributed by atoms with Crippen molar-refractivity contribution in [2.75, 3.05) is 0 Å². The Morgan fingerprint density at radius 3 is 2.76 bits per heavy atom. The highest BCUT2D eigenvalue weighted by Gasteiger charge is 2.38. The highest BCUT2D eigenvalue weighted by molar-refractivity contribution is 7.99. The molecule has 0 aliphatic heterocycles.